The first-order chi connectivity index (χ1) is 10.2. The maximum Gasteiger partial charge on any atom is 0.234 e. The van der Waals surface area contributed by atoms with Crippen molar-refractivity contribution in [2.24, 2.45) is 0 Å². The van der Waals surface area contributed by atoms with Gasteiger partial charge in [-0.25, -0.2) is 4.58 Å². The van der Waals surface area contributed by atoms with Gasteiger partial charge in [-0.3, -0.25) is 0 Å². The second kappa shape index (κ2) is 4.39. The van der Waals surface area contributed by atoms with Crippen LogP contribution in [0.5, 0.6) is 5.75 Å². The first-order valence-corrected chi connectivity index (χ1v) is 7.88. The van der Waals surface area contributed by atoms with E-state index in [0.717, 1.165) is 50.9 Å². The summed E-state index contributed by atoms with van der Waals surface area (Å²) >= 11 is 0. The van der Waals surface area contributed by atoms with Crippen molar-refractivity contribution in [1.82, 2.24) is 0 Å². The van der Waals surface area contributed by atoms with E-state index < -0.39 is 0 Å². The average molecular weight is 284 g/mol. The van der Waals surface area contributed by atoms with Gasteiger partial charge in [-0.2, -0.15) is 0 Å². The Bertz CT molecular complexity index is 621. The molecule has 4 heteroatoms. The molecule has 3 aliphatic rings. The molecule has 0 amide bonds. The lowest BCUT2D eigenvalue weighted by molar-refractivity contribution is -0.658. The van der Waals surface area contributed by atoms with Crippen LogP contribution in [-0.2, 0) is 6.42 Å². The number of hydrogen-bond acceptors (Lipinski definition) is 1. The number of benzene rings is 1. The van der Waals surface area contributed by atoms with E-state index in [-0.39, 0.29) is 11.1 Å². The average Bonchev–Trinajstić information content (AvgIpc) is 3.02. The number of rotatable bonds is 3. The molecule has 0 radical (unpaired) electrons. The van der Waals surface area contributed by atoms with Gasteiger partial charge in [0.15, 0.2) is 5.54 Å². The summed E-state index contributed by atoms with van der Waals surface area (Å²) in [6.07, 6.45) is 7.46. The molecule has 0 aromatic heterocycles. The summed E-state index contributed by atoms with van der Waals surface area (Å²) in [5.41, 5.74) is 12.0. The van der Waals surface area contributed by atoms with Gasteiger partial charge in [0.1, 0.15) is 18.8 Å². The minimum Gasteiger partial charge on any atom is -0.505 e. The van der Waals surface area contributed by atoms with Crippen LogP contribution in [0.4, 0.5) is 0 Å². The highest BCUT2D eigenvalue weighted by Gasteiger charge is 2.62. The molecule has 1 spiro atoms. The van der Waals surface area contributed by atoms with Crippen molar-refractivity contribution < 1.29 is 14.0 Å². The van der Waals surface area contributed by atoms with Crippen molar-refractivity contribution in [3.63, 3.8) is 0 Å². The van der Waals surface area contributed by atoms with Crippen LogP contribution in [-0.4, -0.2) is 46.8 Å². The molecule has 21 heavy (non-hydrogen) atoms. The topological polar surface area (TPSA) is 37.5 Å². The predicted molar refractivity (Wildman–Crippen MR) is 80.3 cm³/mol. The van der Waals surface area contributed by atoms with E-state index in [4.69, 9.17) is 4.74 Å². The summed E-state index contributed by atoms with van der Waals surface area (Å²) in [7, 11) is 1.69. The Labute approximate surface area is 125 Å². The molecular formula is C17H22N3O+. The van der Waals surface area contributed by atoms with E-state index in [1.54, 1.807) is 11.8 Å². The minimum absolute atomic E-state index is 0.0943. The van der Waals surface area contributed by atoms with E-state index in [9.17, 15) is 5.53 Å². The molecule has 0 N–H and O–H groups in total. The predicted octanol–water partition coefficient (Wildman–Crippen LogP) is 2.43. The number of hydrogen-bond donors (Lipinski definition) is 0. The lowest BCUT2D eigenvalue weighted by Crippen LogP contribution is -2.47. The molecule has 1 aromatic rings. The van der Waals surface area contributed by atoms with Crippen LogP contribution in [0.25, 0.3) is 5.53 Å². The first-order valence-electron chi connectivity index (χ1n) is 7.88. The van der Waals surface area contributed by atoms with Crippen LogP contribution in [0.3, 0.4) is 0 Å². The zero-order chi connectivity index (χ0) is 14.5. The van der Waals surface area contributed by atoms with E-state index in [0.29, 0.717) is 0 Å². The van der Waals surface area contributed by atoms with Crippen molar-refractivity contribution in [1.29, 1.82) is 0 Å². The van der Waals surface area contributed by atoms with Crippen LogP contribution in [0.15, 0.2) is 24.3 Å². The van der Waals surface area contributed by atoms with Gasteiger partial charge < -0.3 is 15.0 Å². The second-order valence-corrected chi connectivity index (χ2v) is 6.83. The molecule has 2 unspecified atom stereocenters. The summed E-state index contributed by atoms with van der Waals surface area (Å²) in [6, 6.07) is 8.27. The highest BCUT2D eigenvalue weighted by atomic mass is 16.5. The van der Waals surface area contributed by atoms with Crippen LogP contribution < -0.4 is 4.74 Å². The fourth-order valence-electron chi connectivity index (χ4n) is 4.42. The van der Waals surface area contributed by atoms with Crippen LogP contribution in [0.2, 0.25) is 0 Å². The van der Waals surface area contributed by atoms with E-state index in [2.05, 4.69) is 22.9 Å². The molecule has 3 heterocycles. The summed E-state index contributed by atoms with van der Waals surface area (Å²) in [6.45, 7) is 2.16. The molecule has 3 aliphatic heterocycles. The third-order valence-electron chi connectivity index (χ3n) is 5.71. The molecule has 110 valence electrons. The zero-order valence-electron chi connectivity index (χ0n) is 12.6. The third-order valence-corrected chi connectivity index (χ3v) is 5.71. The highest BCUT2D eigenvalue weighted by molar-refractivity contribution is 5.65. The van der Waals surface area contributed by atoms with Crippen molar-refractivity contribution in [3.05, 3.63) is 35.4 Å². The second-order valence-electron chi connectivity index (χ2n) is 6.83. The Morgan fingerprint density at radius 3 is 2.62 bits per heavy atom. The van der Waals surface area contributed by atoms with Gasteiger partial charge >= 0.3 is 0 Å². The van der Waals surface area contributed by atoms with Gasteiger partial charge in [0.2, 0.25) is 11.8 Å². The summed E-state index contributed by atoms with van der Waals surface area (Å²) in [5, 5.41) is 0. The summed E-state index contributed by atoms with van der Waals surface area (Å²) in [4.78, 5) is 0. The van der Waals surface area contributed by atoms with E-state index in [1.807, 2.05) is 12.1 Å². The Morgan fingerprint density at radius 2 is 1.86 bits per heavy atom. The van der Waals surface area contributed by atoms with Crippen LogP contribution in [0.1, 0.15) is 31.2 Å². The zero-order valence-corrected chi connectivity index (χ0v) is 12.6. The van der Waals surface area contributed by atoms with Gasteiger partial charge in [-0.05, 0) is 17.7 Å². The Balaban J connectivity index is 1.64. The SMILES string of the molecule is COc1ccc(CC23CC[N+]4=CC(CC4)(CC2)[N+]3=[N-])cc1. The van der Waals surface area contributed by atoms with Gasteiger partial charge in [0, 0.05) is 19.3 Å². The van der Waals surface area contributed by atoms with Crippen molar-refractivity contribution in [2.75, 3.05) is 20.2 Å². The van der Waals surface area contributed by atoms with Crippen molar-refractivity contribution in [3.8, 4) is 5.75 Å². The molecular weight excluding hydrogens is 262 g/mol. The maximum absolute atomic E-state index is 10.9. The lowest BCUT2D eigenvalue weighted by Gasteiger charge is -2.31. The monoisotopic (exact) mass is 284 g/mol. The molecule has 1 fully saturated rings. The smallest absolute Gasteiger partial charge is 0.234 e. The third kappa shape index (κ3) is 1.84. The number of fused-ring (bicyclic) bond motifs is 1. The Hall–Kier alpha value is -1.71. The lowest BCUT2D eigenvalue weighted by atomic mass is 9.85. The fraction of sp³-hybridized carbons (Fsp3) is 0.588. The molecule has 2 atom stereocenters. The standard InChI is InChI=1S/C17H22N3O/c1-21-15-4-2-14(3-5-15)12-16-6-7-17(20(16)18)9-11-19(13-17)10-8-16/h2-5,13H,6-12H2,1H3/q+1. The molecule has 1 saturated heterocycles. The van der Waals surface area contributed by atoms with E-state index >= 15 is 0 Å². The molecule has 4 rings (SSSR count). The molecule has 4 nitrogen and oxygen atoms in total. The molecule has 0 saturated carbocycles. The molecule has 0 aliphatic carbocycles. The quantitative estimate of drug-likeness (QED) is 0.786. The van der Waals surface area contributed by atoms with Gasteiger partial charge in [-0.15, -0.1) is 0 Å². The number of ether oxygens (including phenoxy) is 1. The Morgan fingerprint density at radius 1 is 1.10 bits per heavy atom. The van der Waals surface area contributed by atoms with Crippen molar-refractivity contribution >= 4 is 6.21 Å². The molecule has 3 bridgehead atoms. The maximum atomic E-state index is 10.9. The number of nitrogens with zero attached hydrogens (tertiary/aromatic N) is 3. The minimum atomic E-state index is -0.0970. The van der Waals surface area contributed by atoms with Gasteiger partial charge in [0.25, 0.3) is 0 Å². The fourth-order valence-corrected chi connectivity index (χ4v) is 4.42. The molecule has 1 aromatic carbocycles. The normalized spacial score (nSPS) is 33.8. The van der Waals surface area contributed by atoms with Gasteiger partial charge in [-0.1, -0.05) is 12.1 Å². The first kappa shape index (κ1) is 13.0. The highest BCUT2D eigenvalue weighted by Crippen LogP contribution is 2.46. The van der Waals surface area contributed by atoms with Gasteiger partial charge in [0.05, 0.1) is 20.0 Å². The largest absolute Gasteiger partial charge is 0.505 e. The van der Waals surface area contributed by atoms with E-state index in [1.165, 1.54) is 5.56 Å². The number of methoxy groups -OCH3 is 1. The summed E-state index contributed by atoms with van der Waals surface area (Å²) < 4.78 is 9.35. The van der Waals surface area contributed by atoms with Crippen LogP contribution in [0, 0.1) is 0 Å². The summed E-state index contributed by atoms with van der Waals surface area (Å²) in [5.74, 6) is 0.888. The van der Waals surface area contributed by atoms with Crippen molar-refractivity contribution in [2.45, 2.75) is 43.2 Å². The Kier molecular flexibility index (Phi) is 2.72. The van der Waals surface area contributed by atoms with Crippen LogP contribution >= 0.6 is 0 Å².